The molecule has 3 aromatic carbocycles. The monoisotopic (exact) mass is 490 g/mol. The zero-order valence-corrected chi connectivity index (χ0v) is 20.6. The molecule has 5 nitrogen and oxygen atoms in total. The number of hydrogen-bond donors (Lipinski definition) is 2. The summed E-state index contributed by atoms with van der Waals surface area (Å²) in [5.41, 5.74) is 3.98. The van der Waals surface area contributed by atoms with Crippen LogP contribution in [0.1, 0.15) is 31.7 Å². The van der Waals surface area contributed by atoms with Gasteiger partial charge in [0.1, 0.15) is 11.6 Å². The van der Waals surface area contributed by atoms with Crippen LogP contribution in [0.15, 0.2) is 71.7 Å². The molecule has 0 atom stereocenters. The number of aliphatic imine (C=N–C) groups is 1. The molecule has 1 aliphatic heterocycles. The van der Waals surface area contributed by atoms with Crippen LogP contribution in [0.2, 0.25) is 0 Å². The number of anilines is 1. The summed E-state index contributed by atoms with van der Waals surface area (Å²) < 4.78 is 27.0. The Hall–Kier alpha value is -3.58. The molecule has 0 spiro atoms. The fourth-order valence-corrected chi connectivity index (χ4v) is 4.94. The largest absolute Gasteiger partial charge is 0.337 e. The molecule has 3 aromatic rings. The van der Waals surface area contributed by atoms with Crippen LogP contribution in [0, 0.1) is 11.6 Å². The summed E-state index contributed by atoms with van der Waals surface area (Å²) in [4.78, 5) is 19.1. The van der Waals surface area contributed by atoms with Crippen molar-refractivity contribution in [3.8, 4) is 11.1 Å². The van der Waals surface area contributed by atoms with E-state index in [0.29, 0.717) is 6.54 Å². The van der Waals surface area contributed by atoms with E-state index in [1.165, 1.54) is 0 Å². The number of carbonyl (C=O) groups excluding carboxylic acids is 1. The topological polar surface area (TPSA) is 56.7 Å². The summed E-state index contributed by atoms with van der Waals surface area (Å²) in [6.07, 6.45) is 2.90. The van der Waals surface area contributed by atoms with Crippen LogP contribution in [-0.2, 0) is 5.41 Å². The molecule has 0 saturated carbocycles. The van der Waals surface area contributed by atoms with Gasteiger partial charge in [-0.1, -0.05) is 43.3 Å². The zero-order valence-electron chi connectivity index (χ0n) is 20.6. The third-order valence-electron chi connectivity index (χ3n) is 6.92. The van der Waals surface area contributed by atoms with Crippen molar-refractivity contribution in [2.75, 3.05) is 31.5 Å². The molecule has 1 saturated heterocycles. The van der Waals surface area contributed by atoms with Crippen LogP contribution >= 0.6 is 0 Å². The van der Waals surface area contributed by atoms with Gasteiger partial charge in [0.15, 0.2) is 0 Å². The first-order valence-electron chi connectivity index (χ1n) is 12.3. The summed E-state index contributed by atoms with van der Waals surface area (Å²) >= 11 is 0. The Bertz CT molecular complexity index is 1180. The van der Waals surface area contributed by atoms with Crippen molar-refractivity contribution in [3.05, 3.63) is 83.9 Å². The standard InChI is InChI=1S/C29H32F2N4O/c1-3-13-35-14-11-29(12-15-35,20-33-28(36)34-27-18-24(30)17-25(31)19-27)23-9-7-21(8-10-23)22-5-4-6-26(16-22)32-2/h4-10,16-19H,2-3,11-15,20H2,1H3,(H2,33,34,36). The Kier molecular flexibility index (Phi) is 8.10. The van der Waals surface area contributed by atoms with Crippen molar-refractivity contribution in [2.24, 2.45) is 4.99 Å². The Balaban J connectivity index is 1.52. The van der Waals surface area contributed by atoms with Crippen LogP contribution in [0.5, 0.6) is 0 Å². The highest BCUT2D eigenvalue weighted by Crippen LogP contribution is 2.36. The van der Waals surface area contributed by atoms with Gasteiger partial charge in [-0.3, -0.25) is 4.99 Å². The Morgan fingerprint density at radius 3 is 2.33 bits per heavy atom. The van der Waals surface area contributed by atoms with Gasteiger partial charge in [-0.15, -0.1) is 0 Å². The number of nitrogens with zero attached hydrogens (tertiary/aromatic N) is 2. The second kappa shape index (κ2) is 11.4. The molecule has 7 heteroatoms. The number of benzene rings is 3. The third kappa shape index (κ3) is 6.15. The SMILES string of the molecule is C=Nc1cccc(-c2ccc(C3(CNC(=O)Nc4cc(F)cc(F)c4)CCN(CCC)CC3)cc2)c1. The number of rotatable bonds is 8. The summed E-state index contributed by atoms with van der Waals surface area (Å²) in [6, 6.07) is 18.9. The van der Waals surface area contributed by atoms with Gasteiger partial charge in [0.05, 0.1) is 5.69 Å². The van der Waals surface area contributed by atoms with E-state index in [4.69, 9.17) is 0 Å². The van der Waals surface area contributed by atoms with Gasteiger partial charge in [-0.2, -0.15) is 0 Å². The number of carbonyl (C=O) groups is 1. The highest BCUT2D eigenvalue weighted by atomic mass is 19.1. The van der Waals surface area contributed by atoms with Gasteiger partial charge in [0, 0.05) is 23.7 Å². The quantitative estimate of drug-likeness (QED) is 0.353. The maximum atomic E-state index is 13.5. The summed E-state index contributed by atoms with van der Waals surface area (Å²) in [5.74, 6) is -1.47. The second-order valence-corrected chi connectivity index (χ2v) is 9.37. The molecule has 0 aliphatic carbocycles. The fourth-order valence-electron chi connectivity index (χ4n) is 4.94. The van der Waals surface area contributed by atoms with Crippen molar-refractivity contribution in [3.63, 3.8) is 0 Å². The van der Waals surface area contributed by atoms with Gasteiger partial charge in [-0.05, 0) is 86.6 Å². The van der Waals surface area contributed by atoms with E-state index in [1.807, 2.05) is 24.3 Å². The summed E-state index contributed by atoms with van der Waals surface area (Å²) in [7, 11) is 0. The second-order valence-electron chi connectivity index (χ2n) is 9.37. The fraction of sp³-hybridized carbons (Fsp3) is 0.310. The van der Waals surface area contributed by atoms with Crippen molar-refractivity contribution in [2.45, 2.75) is 31.6 Å². The zero-order chi connectivity index (χ0) is 25.5. The van der Waals surface area contributed by atoms with E-state index in [9.17, 15) is 13.6 Å². The number of urea groups is 1. The molecule has 1 aliphatic rings. The number of nitrogens with one attached hydrogen (secondary N) is 2. The van der Waals surface area contributed by atoms with Crippen LogP contribution in [0.4, 0.5) is 25.0 Å². The number of likely N-dealkylation sites (tertiary alicyclic amines) is 1. The first-order chi connectivity index (χ1) is 17.4. The molecule has 4 rings (SSSR count). The average molecular weight is 491 g/mol. The van der Waals surface area contributed by atoms with E-state index in [0.717, 1.165) is 79.5 Å². The Labute approximate surface area is 211 Å². The molecular formula is C29H32F2N4O. The van der Waals surface area contributed by atoms with E-state index in [-0.39, 0.29) is 11.1 Å². The minimum atomic E-state index is -0.737. The highest BCUT2D eigenvalue weighted by molar-refractivity contribution is 5.89. The molecule has 188 valence electrons. The third-order valence-corrected chi connectivity index (χ3v) is 6.92. The minimum Gasteiger partial charge on any atom is -0.337 e. The molecule has 36 heavy (non-hydrogen) atoms. The van der Waals surface area contributed by atoms with Crippen LogP contribution in [0.25, 0.3) is 11.1 Å². The first-order valence-corrected chi connectivity index (χ1v) is 12.3. The maximum absolute atomic E-state index is 13.5. The van der Waals surface area contributed by atoms with Crippen molar-refractivity contribution in [1.82, 2.24) is 10.2 Å². The van der Waals surface area contributed by atoms with Gasteiger partial charge in [0.25, 0.3) is 0 Å². The molecule has 0 unspecified atom stereocenters. The predicted octanol–water partition coefficient (Wildman–Crippen LogP) is 6.53. The predicted molar refractivity (Wildman–Crippen MR) is 142 cm³/mol. The number of amides is 2. The molecule has 1 fully saturated rings. The normalized spacial score (nSPS) is 15.3. The maximum Gasteiger partial charge on any atom is 0.319 e. The Morgan fingerprint density at radius 2 is 1.69 bits per heavy atom. The van der Waals surface area contributed by atoms with Gasteiger partial charge in [0.2, 0.25) is 0 Å². The smallest absolute Gasteiger partial charge is 0.319 e. The van der Waals surface area contributed by atoms with Crippen LogP contribution in [0.3, 0.4) is 0 Å². The van der Waals surface area contributed by atoms with Gasteiger partial charge < -0.3 is 15.5 Å². The Morgan fingerprint density at radius 1 is 1.00 bits per heavy atom. The average Bonchev–Trinajstić information content (AvgIpc) is 2.88. The minimum absolute atomic E-state index is 0.0809. The summed E-state index contributed by atoms with van der Waals surface area (Å²) in [5, 5.41) is 5.50. The lowest BCUT2D eigenvalue weighted by Crippen LogP contribution is -2.49. The molecule has 0 radical (unpaired) electrons. The lowest BCUT2D eigenvalue weighted by molar-refractivity contribution is 0.157. The van der Waals surface area contributed by atoms with E-state index < -0.39 is 17.7 Å². The highest BCUT2D eigenvalue weighted by Gasteiger charge is 2.36. The molecule has 1 heterocycles. The summed E-state index contributed by atoms with van der Waals surface area (Å²) in [6.45, 7) is 9.16. The molecule has 0 bridgehead atoms. The van der Waals surface area contributed by atoms with Crippen molar-refractivity contribution >= 4 is 24.1 Å². The first kappa shape index (κ1) is 25.5. The van der Waals surface area contributed by atoms with Crippen LogP contribution in [-0.4, -0.2) is 43.8 Å². The van der Waals surface area contributed by atoms with Gasteiger partial charge in [-0.25, -0.2) is 13.6 Å². The van der Waals surface area contributed by atoms with E-state index in [2.05, 4.69) is 58.4 Å². The van der Waals surface area contributed by atoms with E-state index >= 15 is 0 Å². The molecule has 2 amide bonds. The number of piperidine rings is 1. The van der Waals surface area contributed by atoms with Crippen molar-refractivity contribution < 1.29 is 13.6 Å². The molecule has 0 aromatic heterocycles. The molecular weight excluding hydrogens is 458 g/mol. The van der Waals surface area contributed by atoms with Crippen LogP contribution < -0.4 is 10.6 Å². The molecule has 2 N–H and O–H groups in total. The lowest BCUT2D eigenvalue weighted by atomic mass is 9.72. The van der Waals surface area contributed by atoms with E-state index in [1.54, 1.807) is 0 Å². The lowest BCUT2D eigenvalue weighted by Gasteiger charge is -2.42. The van der Waals surface area contributed by atoms with Gasteiger partial charge >= 0.3 is 6.03 Å². The van der Waals surface area contributed by atoms with Crippen molar-refractivity contribution in [1.29, 1.82) is 0 Å². The number of halogens is 2. The number of hydrogen-bond acceptors (Lipinski definition) is 3.